The van der Waals surface area contributed by atoms with E-state index in [1.807, 2.05) is 40.6 Å². The SMILES string of the molecule is COc1ccccc1OCc1csc(C(=O)N2CCC(C)CC2)c1. The zero-order valence-electron chi connectivity index (χ0n) is 14.2. The Bertz CT molecular complexity index is 689. The minimum absolute atomic E-state index is 0.149. The third-order valence-corrected chi connectivity index (χ3v) is 5.37. The molecule has 1 amide bonds. The fourth-order valence-electron chi connectivity index (χ4n) is 2.83. The van der Waals surface area contributed by atoms with Gasteiger partial charge in [0.25, 0.3) is 5.91 Å². The normalized spacial score (nSPS) is 15.3. The van der Waals surface area contributed by atoms with Gasteiger partial charge in [0.2, 0.25) is 0 Å². The summed E-state index contributed by atoms with van der Waals surface area (Å²) in [5, 5.41) is 2.00. The van der Waals surface area contributed by atoms with Crippen molar-refractivity contribution in [1.29, 1.82) is 0 Å². The van der Waals surface area contributed by atoms with Gasteiger partial charge in [-0.05, 0) is 42.3 Å². The van der Waals surface area contributed by atoms with Crippen molar-refractivity contribution in [3.63, 3.8) is 0 Å². The van der Waals surface area contributed by atoms with E-state index in [0.29, 0.717) is 18.1 Å². The standard InChI is InChI=1S/C19H23NO3S/c1-14-7-9-20(10-8-14)19(21)18-11-15(13-24-18)12-23-17-6-4-3-5-16(17)22-2/h3-6,11,13-14H,7-10,12H2,1-2H3. The quantitative estimate of drug-likeness (QED) is 0.815. The second-order valence-electron chi connectivity index (χ2n) is 6.23. The number of carbonyl (C=O) groups is 1. The maximum atomic E-state index is 12.6. The van der Waals surface area contributed by atoms with Crippen LogP contribution >= 0.6 is 11.3 Å². The van der Waals surface area contributed by atoms with Gasteiger partial charge in [-0.1, -0.05) is 19.1 Å². The summed E-state index contributed by atoms with van der Waals surface area (Å²) in [4.78, 5) is 15.3. The zero-order chi connectivity index (χ0) is 16.9. The van der Waals surface area contributed by atoms with Crippen LogP contribution in [-0.4, -0.2) is 31.0 Å². The van der Waals surface area contributed by atoms with Crippen molar-refractivity contribution in [3.8, 4) is 11.5 Å². The maximum Gasteiger partial charge on any atom is 0.263 e. The number of carbonyl (C=O) groups excluding carboxylic acids is 1. The average Bonchev–Trinajstić information content (AvgIpc) is 3.09. The van der Waals surface area contributed by atoms with Gasteiger partial charge in [0, 0.05) is 18.7 Å². The molecular weight excluding hydrogens is 322 g/mol. The van der Waals surface area contributed by atoms with Crippen LogP contribution in [0.25, 0.3) is 0 Å². The summed E-state index contributed by atoms with van der Waals surface area (Å²) < 4.78 is 11.1. The second kappa shape index (κ2) is 7.71. The van der Waals surface area contributed by atoms with Gasteiger partial charge in [-0.25, -0.2) is 0 Å². The molecule has 1 aromatic heterocycles. The highest BCUT2D eigenvalue weighted by molar-refractivity contribution is 7.12. The predicted octanol–water partition coefficient (Wildman–Crippen LogP) is 4.21. The summed E-state index contributed by atoms with van der Waals surface area (Å²) in [6, 6.07) is 9.52. The highest BCUT2D eigenvalue weighted by Crippen LogP contribution is 2.28. The van der Waals surface area contributed by atoms with Gasteiger partial charge in [0.1, 0.15) is 6.61 Å². The van der Waals surface area contributed by atoms with E-state index in [1.165, 1.54) is 11.3 Å². The Morgan fingerprint density at radius 2 is 1.96 bits per heavy atom. The number of thiophene rings is 1. The molecule has 1 aliphatic heterocycles. The average molecular weight is 345 g/mol. The number of rotatable bonds is 5. The fraction of sp³-hybridized carbons (Fsp3) is 0.421. The Labute approximate surface area is 147 Å². The van der Waals surface area contributed by atoms with Crippen molar-refractivity contribution in [3.05, 3.63) is 46.2 Å². The van der Waals surface area contributed by atoms with Crippen molar-refractivity contribution in [1.82, 2.24) is 4.90 Å². The Balaban J connectivity index is 1.60. The Morgan fingerprint density at radius 3 is 2.67 bits per heavy atom. The summed E-state index contributed by atoms with van der Waals surface area (Å²) in [5.41, 5.74) is 1.01. The van der Waals surface area contributed by atoms with Crippen LogP contribution in [0.15, 0.2) is 35.7 Å². The number of hydrogen-bond donors (Lipinski definition) is 0. The number of para-hydroxylation sites is 2. The Morgan fingerprint density at radius 1 is 1.25 bits per heavy atom. The molecule has 5 heteroatoms. The second-order valence-corrected chi connectivity index (χ2v) is 7.14. The number of hydrogen-bond acceptors (Lipinski definition) is 4. The molecule has 24 heavy (non-hydrogen) atoms. The monoisotopic (exact) mass is 345 g/mol. The number of likely N-dealkylation sites (tertiary alicyclic amines) is 1. The Hall–Kier alpha value is -2.01. The lowest BCUT2D eigenvalue weighted by atomic mass is 9.99. The number of amides is 1. The molecule has 128 valence electrons. The first-order chi connectivity index (χ1) is 11.7. The largest absolute Gasteiger partial charge is 0.493 e. The summed E-state index contributed by atoms with van der Waals surface area (Å²) in [7, 11) is 1.63. The van der Waals surface area contributed by atoms with Crippen molar-refractivity contribution in [2.45, 2.75) is 26.4 Å². The zero-order valence-corrected chi connectivity index (χ0v) is 15.0. The van der Waals surface area contributed by atoms with Gasteiger partial charge >= 0.3 is 0 Å². The van der Waals surface area contributed by atoms with E-state index in [2.05, 4.69) is 6.92 Å². The third kappa shape index (κ3) is 3.90. The smallest absolute Gasteiger partial charge is 0.263 e. The molecule has 1 aromatic carbocycles. The summed E-state index contributed by atoms with van der Waals surface area (Å²) in [6.45, 7) is 4.41. The molecule has 1 saturated heterocycles. The van der Waals surface area contributed by atoms with E-state index in [1.54, 1.807) is 7.11 Å². The summed E-state index contributed by atoms with van der Waals surface area (Å²) >= 11 is 1.49. The molecule has 1 aliphatic rings. The molecule has 0 radical (unpaired) electrons. The fourth-order valence-corrected chi connectivity index (χ4v) is 3.69. The molecule has 0 saturated carbocycles. The van der Waals surface area contributed by atoms with Gasteiger partial charge in [-0.2, -0.15) is 0 Å². The van der Waals surface area contributed by atoms with Gasteiger partial charge in [0.15, 0.2) is 11.5 Å². The number of nitrogens with zero attached hydrogens (tertiary/aromatic N) is 1. The molecule has 2 heterocycles. The van der Waals surface area contributed by atoms with E-state index in [-0.39, 0.29) is 5.91 Å². The molecule has 0 atom stereocenters. The van der Waals surface area contributed by atoms with Gasteiger partial charge in [0.05, 0.1) is 12.0 Å². The lowest BCUT2D eigenvalue weighted by Gasteiger charge is -2.29. The number of piperidine rings is 1. The molecule has 0 aliphatic carbocycles. The van der Waals surface area contributed by atoms with Crippen molar-refractivity contribution >= 4 is 17.2 Å². The van der Waals surface area contributed by atoms with Crippen molar-refractivity contribution in [2.75, 3.05) is 20.2 Å². The molecule has 2 aromatic rings. The van der Waals surface area contributed by atoms with Gasteiger partial charge in [-0.3, -0.25) is 4.79 Å². The highest BCUT2D eigenvalue weighted by Gasteiger charge is 2.22. The van der Waals surface area contributed by atoms with Crippen molar-refractivity contribution in [2.24, 2.45) is 5.92 Å². The van der Waals surface area contributed by atoms with E-state index in [9.17, 15) is 4.79 Å². The lowest BCUT2D eigenvalue weighted by Crippen LogP contribution is -2.37. The number of methoxy groups -OCH3 is 1. The van der Waals surface area contributed by atoms with Crippen LogP contribution < -0.4 is 9.47 Å². The number of ether oxygens (including phenoxy) is 2. The topological polar surface area (TPSA) is 38.8 Å². The first-order valence-electron chi connectivity index (χ1n) is 8.30. The lowest BCUT2D eigenvalue weighted by molar-refractivity contribution is 0.0702. The van der Waals surface area contributed by atoms with Crippen LogP contribution in [0.1, 0.15) is 35.0 Å². The van der Waals surface area contributed by atoms with E-state index < -0.39 is 0 Å². The number of benzene rings is 1. The van der Waals surface area contributed by atoms with Crippen LogP contribution in [0.3, 0.4) is 0 Å². The van der Waals surface area contributed by atoms with Crippen LogP contribution in [0, 0.1) is 5.92 Å². The first-order valence-corrected chi connectivity index (χ1v) is 9.18. The highest BCUT2D eigenvalue weighted by atomic mass is 32.1. The van der Waals surface area contributed by atoms with Crippen LogP contribution in [0.2, 0.25) is 0 Å². The minimum atomic E-state index is 0.149. The maximum absolute atomic E-state index is 12.6. The third-order valence-electron chi connectivity index (χ3n) is 4.40. The summed E-state index contributed by atoms with van der Waals surface area (Å²) in [5.74, 6) is 2.30. The predicted molar refractivity (Wildman–Crippen MR) is 95.9 cm³/mol. The van der Waals surface area contributed by atoms with E-state index in [0.717, 1.165) is 42.3 Å². The molecular formula is C19H23NO3S. The van der Waals surface area contributed by atoms with E-state index >= 15 is 0 Å². The van der Waals surface area contributed by atoms with Gasteiger partial charge in [-0.15, -0.1) is 11.3 Å². The minimum Gasteiger partial charge on any atom is -0.493 e. The summed E-state index contributed by atoms with van der Waals surface area (Å²) in [6.07, 6.45) is 2.20. The molecule has 1 fully saturated rings. The molecule has 0 unspecified atom stereocenters. The van der Waals surface area contributed by atoms with E-state index in [4.69, 9.17) is 9.47 Å². The van der Waals surface area contributed by atoms with Crippen LogP contribution in [-0.2, 0) is 6.61 Å². The molecule has 4 nitrogen and oxygen atoms in total. The van der Waals surface area contributed by atoms with Gasteiger partial charge < -0.3 is 14.4 Å². The van der Waals surface area contributed by atoms with Crippen molar-refractivity contribution < 1.29 is 14.3 Å². The molecule has 0 N–H and O–H groups in total. The molecule has 0 spiro atoms. The first kappa shape index (κ1) is 16.8. The van der Waals surface area contributed by atoms with Crippen LogP contribution in [0.5, 0.6) is 11.5 Å². The van der Waals surface area contributed by atoms with Crippen LogP contribution in [0.4, 0.5) is 0 Å². The molecule has 3 rings (SSSR count). The molecule has 0 bridgehead atoms. The Kier molecular flexibility index (Phi) is 5.41.